The molecule has 64 valence electrons. The normalized spacial score (nSPS) is 20.3. The van der Waals surface area contributed by atoms with Crippen LogP contribution in [0, 0.1) is 28.6 Å². The second-order valence-corrected chi connectivity index (χ2v) is 3.38. The lowest BCUT2D eigenvalue weighted by atomic mass is 9.98. The van der Waals surface area contributed by atoms with Crippen molar-refractivity contribution in [3.05, 3.63) is 0 Å². The van der Waals surface area contributed by atoms with Gasteiger partial charge in [-0.2, -0.15) is 10.5 Å². The molecule has 0 aliphatic carbocycles. The third kappa shape index (κ3) is 1.96. The predicted octanol–water partition coefficient (Wildman–Crippen LogP) is 1.13. The summed E-state index contributed by atoms with van der Waals surface area (Å²) in [5.74, 6) is 0.749. The smallest absolute Gasteiger partial charge is 0.186 e. The summed E-state index contributed by atoms with van der Waals surface area (Å²) in [6, 6.07) is 3.47. The highest BCUT2D eigenvalue weighted by molar-refractivity contribution is 5.07. The average molecular weight is 163 g/mol. The molecule has 0 amide bonds. The molecule has 0 aromatic carbocycles. The topological polar surface area (TPSA) is 50.8 Å². The first-order valence-corrected chi connectivity index (χ1v) is 4.31. The average Bonchev–Trinajstić information content (AvgIpc) is 2.10. The van der Waals surface area contributed by atoms with Gasteiger partial charge < -0.3 is 0 Å². The first-order valence-electron chi connectivity index (χ1n) is 4.31. The zero-order valence-corrected chi connectivity index (χ0v) is 7.32. The van der Waals surface area contributed by atoms with E-state index < -0.39 is 6.04 Å². The molecule has 0 spiro atoms. The van der Waals surface area contributed by atoms with Gasteiger partial charge in [-0.25, -0.2) is 0 Å². The van der Waals surface area contributed by atoms with E-state index in [-0.39, 0.29) is 0 Å². The Bertz CT molecular complexity index is 201. The van der Waals surface area contributed by atoms with E-state index in [1.54, 1.807) is 0 Å². The summed E-state index contributed by atoms with van der Waals surface area (Å²) in [5, 5.41) is 17.3. The molecule has 12 heavy (non-hydrogen) atoms. The Hall–Kier alpha value is -1.06. The van der Waals surface area contributed by atoms with Crippen LogP contribution in [0.15, 0.2) is 0 Å². The molecule has 0 radical (unpaired) electrons. The summed E-state index contributed by atoms with van der Waals surface area (Å²) in [6.45, 7) is 4.00. The zero-order valence-electron chi connectivity index (χ0n) is 7.32. The van der Waals surface area contributed by atoms with Gasteiger partial charge in [0.2, 0.25) is 0 Å². The molecule has 0 unspecified atom stereocenters. The maximum absolute atomic E-state index is 8.63. The van der Waals surface area contributed by atoms with E-state index >= 15 is 0 Å². The van der Waals surface area contributed by atoms with Gasteiger partial charge >= 0.3 is 0 Å². The van der Waals surface area contributed by atoms with Crippen molar-refractivity contribution in [2.24, 2.45) is 5.92 Å². The summed E-state index contributed by atoms with van der Waals surface area (Å²) < 4.78 is 0. The van der Waals surface area contributed by atoms with Crippen molar-refractivity contribution in [1.82, 2.24) is 4.90 Å². The largest absolute Gasteiger partial charge is 0.276 e. The highest BCUT2D eigenvalue weighted by Crippen LogP contribution is 2.17. The fraction of sp³-hybridized carbons (Fsp3) is 0.778. The second kappa shape index (κ2) is 4.09. The molecule has 0 atom stereocenters. The Morgan fingerprint density at radius 3 is 2.17 bits per heavy atom. The predicted molar refractivity (Wildman–Crippen MR) is 45.0 cm³/mol. The molecule has 0 bridgehead atoms. The maximum Gasteiger partial charge on any atom is 0.186 e. The van der Waals surface area contributed by atoms with Crippen LogP contribution in [-0.2, 0) is 0 Å². The number of nitriles is 2. The molecule has 0 N–H and O–H groups in total. The van der Waals surface area contributed by atoms with E-state index in [1.807, 2.05) is 17.0 Å². The van der Waals surface area contributed by atoms with Gasteiger partial charge in [-0.3, -0.25) is 4.90 Å². The molecule has 0 aromatic rings. The fourth-order valence-electron chi connectivity index (χ4n) is 1.48. The number of rotatable bonds is 1. The standard InChI is InChI=1S/C9H13N3/c1-8-2-4-12(5-3-8)9(6-10)7-11/h8-9H,2-5H2,1H3. The number of hydrogen-bond acceptors (Lipinski definition) is 3. The highest BCUT2D eigenvalue weighted by Gasteiger charge is 2.22. The SMILES string of the molecule is CC1CCN(C(C#N)C#N)CC1. The van der Waals surface area contributed by atoms with E-state index in [0.717, 1.165) is 31.8 Å². The fourth-order valence-corrected chi connectivity index (χ4v) is 1.48. The number of piperidine rings is 1. The lowest BCUT2D eigenvalue weighted by Crippen LogP contribution is -2.39. The summed E-state index contributed by atoms with van der Waals surface area (Å²) in [6.07, 6.45) is 2.22. The van der Waals surface area contributed by atoms with Crippen molar-refractivity contribution < 1.29 is 0 Å². The molecule has 1 rings (SSSR count). The number of likely N-dealkylation sites (tertiary alicyclic amines) is 1. The van der Waals surface area contributed by atoms with Crippen LogP contribution in [0.2, 0.25) is 0 Å². The van der Waals surface area contributed by atoms with Crippen LogP contribution in [0.1, 0.15) is 19.8 Å². The van der Waals surface area contributed by atoms with E-state index in [9.17, 15) is 0 Å². The monoisotopic (exact) mass is 163 g/mol. The number of nitrogens with zero attached hydrogens (tertiary/aromatic N) is 3. The summed E-state index contributed by atoms with van der Waals surface area (Å²) in [4.78, 5) is 1.96. The third-order valence-electron chi connectivity index (χ3n) is 2.43. The van der Waals surface area contributed by atoms with Gasteiger partial charge in [-0.1, -0.05) is 6.92 Å². The van der Waals surface area contributed by atoms with Crippen molar-refractivity contribution in [2.75, 3.05) is 13.1 Å². The second-order valence-electron chi connectivity index (χ2n) is 3.38. The van der Waals surface area contributed by atoms with Gasteiger partial charge in [0.1, 0.15) is 0 Å². The van der Waals surface area contributed by atoms with Crippen molar-refractivity contribution in [3.63, 3.8) is 0 Å². The van der Waals surface area contributed by atoms with E-state index in [4.69, 9.17) is 10.5 Å². The van der Waals surface area contributed by atoms with Crippen molar-refractivity contribution in [2.45, 2.75) is 25.8 Å². The van der Waals surface area contributed by atoms with Crippen molar-refractivity contribution >= 4 is 0 Å². The van der Waals surface area contributed by atoms with Crippen molar-refractivity contribution in [3.8, 4) is 12.1 Å². The maximum atomic E-state index is 8.63. The third-order valence-corrected chi connectivity index (χ3v) is 2.43. The van der Waals surface area contributed by atoms with Gasteiger partial charge in [0.15, 0.2) is 6.04 Å². The molecule has 1 aliphatic rings. The minimum Gasteiger partial charge on any atom is -0.276 e. The first kappa shape index (κ1) is 9.03. The Morgan fingerprint density at radius 2 is 1.75 bits per heavy atom. The quantitative estimate of drug-likeness (QED) is 0.582. The van der Waals surface area contributed by atoms with E-state index in [1.165, 1.54) is 0 Å². The highest BCUT2D eigenvalue weighted by atomic mass is 15.2. The zero-order chi connectivity index (χ0) is 8.97. The van der Waals surface area contributed by atoms with E-state index in [0.29, 0.717) is 0 Å². The molecule has 1 heterocycles. The van der Waals surface area contributed by atoms with Crippen LogP contribution in [0.25, 0.3) is 0 Å². The Labute approximate surface area is 73.2 Å². The van der Waals surface area contributed by atoms with Crippen LogP contribution in [0.5, 0.6) is 0 Å². The molecular weight excluding hydrogens is 150 g/mol. The number of hydrogen-bond donors (Lipinski definition) is 0. The Kier molecular flexibility index (Phi) is 3.08. The van der Waals surface area contributed by atoms with Gasteiger partial charge in [0.25, 0.3) is 0 Å². The van der Waals surface area contributed by atoms with Crippen LogP contribution >= 0.6 is 0 Å². The minimum atomic E-state index is -0.530. The van der Waals surface area contributed by atoms with Crippen LogP contribution in [0.4, 0.5) is 0 Å². The van der Waals surface area contributed by atoms with Gasteiger partial charge in [-0.05, 0) is 18.8 Å². The van der Waals surface area contributed by atoms with Crippen LogP contribution in [-0.4, -0.2) is 24.0 Å². The van der Waals surface area contributed by atoms with E-state index in [2.05, 4.69) is 6.92 Å². The Balaban J connectivity index is 2.45. The molecule has 3 heteroatoms. The van der Waals surface area contributed by atoms with Crippen LogP contribution in [0.3, 0.4) is 0 Å². The van der Waals surface area contributed by atoms with Gasteiger partial charge in [0, 0.05) is 13.1 Å². The molecule has 1 aliphatic heterocycles. The molecule has 0 saturated carbocycles. The molecule has 1 saturated heterocycles. The first-order chi connectivity index (χ1) is 5.77. The van der Waals surface area contributed by atoms with Crippen LogP contribution < -0.4 is 0 Å². The summed E-state index contributed by atoms with van der Waals surface area (Å²) in [7, 11) is 0. The van der Waals surface area contributed by atoms with Gasteiger partial charge in [0.05, 0.1) is 12.1 Å². The molecule has 3 nitrogen and oxygen atoms in total. The molecular formula is C9H13N3. The molecule has 1 fully saturated rings. The lowest BCUT2D eigenvalue weighted by Gasteiger charge is -2.30. The lowest BCUT2D eigenvalue weighted by molar-refractivity contribution is 0.187. The Morgan fingerprint density at radius 1 is 1.25 bits per heavy atom. The molecule has 0 aromatic heterocycles. The van der Waals surface area contributed by atoms with Crippen molar-refractivity contribution in [1.29, 1.82) is 10.5 Å². The summed E-state index contributed by atoms with van der Waals surface area (Å²) in [5.41, 5.74) is 0. The summed E-state index contributed by atoms with van der Waals surface area (Å²) >= 11 is 0. The van der Waals surface area contributed by atoms with Gasteiger partial charge in [-0.15, -0.1) is 0 Å². The minimum absolute atomic E-state index is 0.530.